The van der Waals surface area contributed by atoms with Crippen LogP contribution in [0.25, 0.3) is 0 Å². The third kappa shape index (κ3) is 2.97. The fourth-order valence-corrected chi connectivity index (χ4v) is 5.17. The van der Waals surface area contributed by atoms with Crippen LogP contribution in [0.2, 0.25) is 0 Å². The maximum atomic E-state index is 12.4. The van der Waals surface area contributed by atoms with E-state index in [1.165, 1.54) is 6.42 Å². The molecule has 4 rings (SSSR count). The van der Waals surface area contributed by atoms with Crippen molar-refractivity contribution in [2.75, 3.05) is 11.4 Å². The summed E-state index contributed by atoms with van der Waals surface area (Å²) in [7, 11) is 0. The number of hydrogen-bond donors (Lipinski definition) is 1. The summed E-state index contributed by atoms with van der Waals surface area (Å²) in [6, 6.07) is 7.71. The van der Waals surface area contributed by atoms with Crippen molar-refractivity contribution < 1.29 is 9.59 Å². The molecule has 2 aliphatic carbocycles. The summed E-state index contributed by atoms with van der Waals surface area (Å²) in [5, 5.41) is 4.52. The molecule has 27 heavy (non-hydrogen) atoms. The molecule has 5 heteroatoms. The third-order valence-corrected chi connectivity index (χ3v) is 7.51. The molecule has 2 atom stereocenters. The van der Waals surface area contributed by atoms with E-state index in [1.54, 1.807) is 0 Å². The number of hydrazone groups is 1. The highest BCUT2D eigenvalue weighted by molar-refractivity contribution is 5.96. The smallest absolute Gasteiger partial charge is 0.244 e. The lowest BCUT2D eigenvalue weighted by molar-refractivity contribution is -0.120. The van der Waals surface area contributed by atoms with Gasteiger partial charge in [-0.05, 0) is 54.7 Å². The minimum atomic E-state index is -0.0864. The standard InChI is InChI=1S/C22H29N3O2/c1-21(2)16-10-11-22(21,3)18(14-16)23-24-19(26)13-15-6-8-17(9-7-15)25-12-4-5-20(25)27/h6-9,16H,4-5,10-14H2,1-3H3,(H,24,26)/b23-18+/t16-,22+/m0/s1. The molecule has 0 spiro atoms. The van der Waals surface area contributed by atoms with Gasteiger partial charge in [-0.2, -0.15) is 5.10 Å². The van der Waals surface area contributed by atoms with E-state index in [2.05, 4.69) is 31.3 Å². The quantitative estimate of drug-likeness (QED) is 0.825. The van der Waals surface area contributed by atoms with Gasteiger partial charge >= 0.3 is 0 Å². The van der Waals surface area contributed by atoms with Gasteiger partial charge in [-0.15, -0.1) is 0 Å². The Morgan fingerprint density at radius 2 is 2.00 bits per heavy atom. The van der Waals surface area contributed by atoms with Gasteiger partial charge < -0.3 is 4.90 Å². The van der Waals surface area contributed by atoms with E-state index < -0.39 is 0 Å². The maximum absolute atomic E-state index is 12.4. The summed E-state index contributed by atoms with van der Waals surface area (Å²) >= 11 is 0. The van der Waals surface area contributed by atoms with Crippen LogP contribution in [0.3, 0.4) is 0 Å². The van der Waals surface area contributed by atoms with Crippen LogP contribution in [0.15, 0.2) is 29.4 Å². The highest BCUT2D eigenvalue weighted by Crippen LogP contribution is 2.63. The van der Waals surface area contributed by atoms with Gasteiger partial charge in [-0.1, -0.05) is 32.9 Å². The summed E-state index contributed by atoms with van der Waals surface area (Å²) in [4.78, 5) is 26.0. The van der Waals surface area contributed by atoms with Gasteiger partial charge in [-0.3, -0.25) is 9.59 Å². The van der Waals surface area contributed by atoms with Crippen molar-refractivity contribution >= 4 is 23.2 Å². The predicted octanol–water partition coefficient (Wildman–Crippen LogP) is 3.67. The van der Waals surface area contributed by atoms with E-state index in [0.717, 1.165) is 42.8 Å². The normalized spacial score (nSPS) is 30.3. The van der Waals surface area contributed by atoms with Crippen molar-refractivity contribution in [2.45, 2.75) is 59.3 Å². The number of fused-ring (bicyclic) bond motifs is 2. The number of amides is 2. The summed E-state index contributed by atoms with van der Waals surface area (Å²) < 4.78 is 0. The van der Waals surface area contributed by atoms with E-state index >= 15 is 0 Å². The van der Waals surface area contributed by atoms with Gasteiger partial charge in [0.2, 0.25) is 11.8 Å². The second kappa shape index (κ2) is 6.47. The monoisotopic (exact) mass is 367 g/mol. The lowest BCUT2D eigenvalue weighted by Crippen LogP contribution is -2.34. The number of benzene rings is 1. The van der Waals surface area contributed by atoms with Gasteiger partial charge in [0.25, 0.3) is 0 Å². The van der Waals surface area contributed by atoms with Crippen molar-refractivity contribution in [3.8, 4) is 0 Å². The molecule has 144 valence electrons. The number of nitrogens with one attached hydrogen (secondary N) is 1. The van der Waals surface area contributed by atoms with Crippen LogP contribution in [0.1, 0.15) is 58.4 Å². The first-order valence-electron chi connectivity index (χ1n) is 10.1. The molecule has 1 N–H and O–H groups in total. The molecular weight excluding hydrogens is 338 g/mol. The molecule has 1 saturated heterocycles. The molecule has 0 radical (unpaired) electrons. The first kappa shape index (κ1) is 18.2. The molecule has 5 nitrogen and oxygen atoms in total. The van der Waals surface area contributed by atoms with Crippen molar-refractivity contribution in [1.29, 1.82) is 0 Å². The fraction of sp³-hybridized carbons (Fsp3) is 0.591. The SMILES string of the molecule is CC1(C)[C@H]2CC[C@]1(C)/C(=N/NC(=O)Cc1ccc(N3CCCC3=O)cc1)C2. The van der Waals surface area contributed by atoms with E-state index in [1.807, 2.05) is 29.2 Å². The average molecular weight is 367 g/mol. The second-order valence-corrected chi connectivity index (χ2v) is 9.08. The topological polar surface area (TPSA) is 61.8 Å². The molecule has 3 fully saturated rings. The zero-order valence-corrected chi connectivity index (χ0v) is 16.5. The zero-order chi connectivity index (χ0) is 19.2. The van der Waals surface area contributed by atoms with E-state index in [0.29, 0.717) is 18.8 Å². The Labute approximate surface area is 161 Å². The minimum Gasteiger partial charge on any atom is -0.312 e. The number of carbonyl (C=O) groups excluding carboxylic acids is 2. The second-order valence-electron chi connectivity index (χ2n) is 9.08. The molecular formula is C22H29N3O2. The third-order valence-electron chi connectivity index (χ3n) is 7.51. The highest BCUT2D eigenvalue weighted by Gasteiger charge is 2.60. The largest absolute Gasteiger partial charge is 0.312 e. The summed E-state index contributed by atoms with van der Waals surface area (Å²) in [6.45, 7) is 7.75. The van der Waals surface area contributed by atoms with Crippen LogP contribution in [0, 0.1) is 16.7 Å². The Kier molecular flexibility index (Phi) is 4.36. The summed E-state index contributed by atoms with van der Waals surface area (Å²) in [5.41, 5.74) is 6.15. The maximum Gasteiger partial charge on any atom is 0.244 e. The summed E-state index contributed by atoms with van der Waals surface area (Å²) in [5.74, 6) is 0.772. The van der Waals surface area contributed by atoms with E-state index in [4.69, 9.17) is 0 Å². The predicted molar refractivity (Wildman–Crippen MR) is 107 cm³/mol. The Bertz CT molecular complexity index is 796. The highest BCUT2D eigenvalue weighted by atomic mass is 16.2. The van der Waals surface area contributed by atoms with Crippen LogP contribution in [-0.2, 0) is 16.0 Å². The van der Waals surface area contributed by atoms with Crippen molar-refractivity contribution in [2.24, 2.45) is 21.8 Å². The van der Waals surface area contributed by atoms with E-state index in [-0.39, 0.29) is 22.6 Å². The van der Waals surface area contributed by atoms with Crippen molar-refractivity contribution in [3.05, 3.63) is 29.8 Å². The van der Waals surface area contributed by atoms with Crippen molar-refractivity contribution in [3.63, 3.8) is 0 Å². The molecule has 1 aromatic rings. The molecule has 1 aromatic carbocycles. The van der Waals surface area contributed by atoms with Gasteiger partial charge in [0.05, 0.1) is 6.42 Å². The minimum absolute atomic E-state index is 0.0864. The Morgan fingerprint density at radius 1 is 1.26 bits per heavy atom. The number of anilines is 1. The van der Waals surface area contributed by atoms with Crippen LogP contribution >= 0.6 is 0 Å². The van der Waals surface area contributed by atoms with Gasteiger partial charge in [0.1, 0.15) is 0 Å². The molecule has 3 aliphatic rings. The van der Waals surface area contributed by atoms with Crippen LogP contribution in [0.5, 0.6) is 0 Å². The van der Waals surface area contributed by atoms with Gasteiger partial charge in [0, 0.05) is 29.8 Å². The molecule has 2 saturated carbocycles. The first-order chi connectivity index (χ1) is 12.8. The van der Waals surface area contributed by atoms with E-state index in [9.17, 15) is 9.59 Å². The molecule has 2 bridgehead atoms. The Hall–Kier alpha value is -2.17. The molecule has 1 heterocycles. The Morgan fingerprint density at radius 3 is 2.56 bits per heavy atom. The summed E-state index contributed by atoms with van der Waals surface area (Å²) in [6.07, 6.45) is 5.27. The molecule has 0 aromatic heterocycles. The Balaban J connectivity index is 1.37. The zero-order valence-electron chi connectivity index (χ0n) is 16.5. The fourth-order valence-electron chi connectivity index (χ4n) is 5.17. The van der Waals surface area contributed by atoms with Crippen LogP contribution in [-0.4, -0.2) is 24.1 Å². The lowest BCUT2D eigenvalue weighted by atomic mass is 9.70. The first-order valence-corrected chi connectivity index (χ1v) is 10.1. The molecule has 0 unspecified atom stereocenters. The average Bonchev–Trinajstić information content (AvgIpc) is 3.21. The molecule has 1 aliphatic heterocycles. The number of hydrogen-bond acceptors (Lipinski definition) is 3. The number of nitrogens with zero attached hydrogens (tertiary/aromatic N) is 2. The van der Waals surface area contributed by atoms with Gasteiger partial charge in [0.15, 0.2) is 0 Å². The van der Waals surface area contributed by atoms with Gasteiger partial charge in [-0.25, -0.2) is 5.43 Å². The molecule has 2 amide bonds. The number of rotatable bonds is 4. The van der Waals surface area contributed by atoms with Crippen LogP contribution in [0.4, 0.5) is 5.69 Å². The lowest BCUT2D eigenvalue weighted by Gasteiger charge is -2.34. The van der Waals surface area contributed by atoms with Crippen LogP contribution < -0.4 is 10.3 Å². The number of carbonyl (C=O) groups is 2. The van der Waals surface area contributed by atoms with Crippen molar-refractivity contribution in [1.82, 2.24) is 5.43 Å².